The summed E-state index contributed by atoms with van der Waals surface area (Å²) in [5.74, 6) is 0.970. The van der Waals surface area contributed by atoms with Crippen LogP contribution in [0.4, 0.5) is 5.82 Å². The molecule has 1 fully saturated rings. The van der Waals surface area contributed by atoms with Gasteiger partial charge in [0.05, 0.1) is 24.9 Å². The molecule has 5 rings (SSSR count). The maximum atomic E-state index is 5.63. The summed E-state index contributed by atoms with van der Waals surface area (Å²) in [5, 5.41) is 12.6. The zero-order valence-electron chi connectivity index (χ0n) is 15.8. The van der Waals surface area contributed by atoms with Crippen LogP contribution in [0.15, 0.2) is 41.4 Å². The molecule has 28 heavy (non-hydrogen) atoms. The van der Waals surface area contributed by atoms with Gasteiger partial charge in [-0.05, 0) is 59.5 Å². The number of aromatic amines is 1. The van der Waals surface area contributed by atoms with Gasteiger partial charge in [0.1, 0.15) is 17.0 Å². The van der Waals surface area contributed by atoms with E-state index in [2.05, 4.69) is 56.8 Å². The Morgan fingerprint density at radius 3 is 2.89 bits per heavy atom. The molecule has 1 aliphatic rings. The van der Waals surface area contributed by atoms with Crippen LogP contribution in [0.25, 0.3) is 33.4 Å². The molecule has 4 aromatic rings. The molecule has 4 aromatic heterocycles. The standard InChI is InChI=1S/C21H21N5OS/c1-13-11-28-12-17(13)16-9-19(26-7-8-27-10-14(26)2)24-20-15(16)3-5-22-21(20)18-4-6-23-25-18/h3-6,9,11-12,14H,7-8,10H2,1-2H3,(H,23,25). The fraction of sp³-hybridized carbons (Fsp3) is 0.286. The van der Waals surface area contributed by atoms with Gasteiger partial charge in [0.15, 0.2) is 0 Å². The Hall–Kier alpha value is -2.77. The molecular weight excluding hydrogens is 370 g/mol. The maximum Gasteiger partial charge on any atom is 0.130 e. The van der Waals surface area contributed by atoms with Crippen LogP contribution < -0.4 is 4.90 Å². The highest BCUT2D eigenvalue weighted by Crippen LogP contribution is 2.37. The monoisotopic (exact) mass is 391 g/mol. The lowest BCUT2D eigenvalue weighted by Crippen LogP contribution is -2.44. The molecule has 0 amide bonds. The van der Waals surface area contributed by atoms with E-state index < -0.39 is 0 Å². The van der Waals surface area contributed by atoms with Crippen LogP contribution in [0.1, 0.15) is 12.5 Å². The quantitative estimate of drug-likeness (QED) is 0.565. The number of ether oxygens (including phenoxy) is 1. The Bertz CT molecular complexity index is 1120. The number of aryl methyl sites for hydroxylation is 1. The molecule has 1 atom stereocenters. The molecule has 6 nitrogen and oxygen atoms in total. The molecule has 1 saturated heterocycles. The number of nitrogens with zero attached hydrogens (tertiary/aromatic N) is 4. The minimum Gasteiger partial charge on any atom is -0.377 e. The van der Waals surface area contributed by atoms with E-state index >= 15 is 0 Å². The number of H-pyrrole nitrogens is 1. The van der Waals surface area contributed by atoms with Crippen molar-refractivity contribution >= 4 is 28.1 Å². The van der Waals surface area contributed by atoms with Gasteiger partial charge in [0.2, 0.25) is 0 Å². The van der Waals surface area contributed by atoms with E-state index in [1.54, 1.807) is 17.5 Å². The third-order valence-electron chi connectivity index (χ3n) is 5.28. The lowest BCUT2D eigenvalue weighted by molar-refractivity contribution is 0.0986. The van der Waals surface area contributed by atoms with Gasteiger partial charge in [-0.15, -0.1) is 0 Å². The predicted octanol–water partition coefficient (Wildman–Crippen LogP) is 4.28. The van der Waals surface area contributed by atoms with Crippen molar-refractivity contribution in [3.8, 4) is 22.5 Å². The fourth-order valence-electron chi connectivity index (χ4n) is 3.80. The molecular formula is C21H21N5OS. The van der Waals surface area contributed by atoms with Crippen LogP contribution in [0.5, 0.6) is 0 Å². The third kappa shape index (κ3) is 2.87. The van der Waals surface area contributed by atoms with E-state index in [9.17, 15) is 0 Å². The van der Waals surface area contributed by atoms with Crippen molar-refractivity contribution in [1.29, 1.82) is 0 Å². The minimum atomic E-state index is 0.280. The predicted molar refractivity (Wildman–Crippen MR) is 113 cm³/mol. The van der Waals surface area contributed by atoms with Gasteiger partial charge < -0.3 is 9.64 Å². The summed E-state index contributed by atoms with van der Waals surface area (Å²) in [6.45, 7) is 6.61. The highest BCUT2D eigenvalue weighted by Gasteiger charge is 2.23. The Kier molecular flexibility index (Phi) is 4.33. The van der Waals surface area contributed by atoms with E-state index in [1.807, 2.05) is 12.3 Å². The second-order valence-corrected chi connectivity index (χ2v) is 7.88. The Labute approximate surface area is 167 Å². The summed E-state index contributed by atoms with van der Waals surface area (Å²) in [5.41, 5.74) is 6.31. The first-order valence-corrected chi connectivity index (χ1v) is 10.3. The largest absolute Gasteiger partial charge is 0.377 e. The molecule has 5 heterocycles. The molecule has 0 aliphatic carbocycles. The summed E-state index contributed by atoms with van der Waals surface area (Å²) in [4.78, 5) is 12.0. The van der Waals surface area contributed by atoms with Crippen LogP contribution in [0, 0.1) is 6.92 Å². The van der Waals surface area contributed by atoms with Gasteiger partial charge >= 0.3 is 0 Å². The Balaban J connectivity index is 1.79. The van der Waals surface area contributed by atoms with Gasteiger partial charge in [0.25, 0.3) is 0 Å². The van der Waals surface area contributed by atoms with Gasteiger partial charge in [-0.1, -0.05) is 0 Å². The summed E-state index contributed by atoms with van der Waals surface area (Å²) in [7, 11) is 0. The normalized spacial score (nSPS) is 17.4. The number of fused-ring (bicyclic) bond motifs is 1. The van der Waals surface area contributed by atoms with Crippen molar-refractivity contribution in [1.82, 2.24) is 20.2 Å². The number of nitrogens with one attached hydrogen (secondary N) is 1. The first-order chi connectivity index (χ1) is 13.7. The maximum absolute atomic E-state index is 5.63. The molecule has 0 spiro atoms. The van der Waals surface area contributed by atoms with Crippen molar-refractivity contribution in [3.05, 3.63) is 46.9 Å². The van der Waals surface area contributed by atoms with Crippen molar-refractivity contribution in [2.24, 2.45) is 0 Å². The van der Waals surface area contributed by atoms with Gasteiger partial charge in [-0.25, -0.2) is 4.98 Å². The molecule has 1 unspecified atom stereocenters. The first kappa shape index (κ1) is 17.3. The first-order valence-electron chi connectivity index (χ1n) is 9.39. The number of aromatic nitrogens is 4. The molecule has 7 heteroatoms. The molecule has 1 aliphatic heterocycles. The number of thiophene rings is 1. The average Bonchev–Trinajstić information content (AvgIpc) is 3.39. The lowest BCUT2D eigenvalue weighted by atomic mass is 10.00. The summed E-state index contributed by atoms with van der Waals surface area (Å²) in [6.07, 6.45) is 3.59. The fourth-order valence-corrected chi connectivity index (χ4v) is 4.65. The number of anilines is 1. The summed E-state index contributed by atoms with van der Waals surface area (Å²) < 4.78 is 5.63. The molecule has 0 aromatic carbocycles. The van der Waals surface area contributed by atoms with Crippen LogP contribution in [-0.2, 0) is 4.74 Å². The van der Waals surface area contributed by atoms with Gasteiger partial charge in [-0.2, -0.15) is 16.4 Å². The van der Waals surface area contributed by atoms with E-state index in [0.29, 0.717) is 6.61 Å². The van der Waals surface area contributed by atoms with Crippen LogP contribution in [-0.4, -0.2) is 46.0 Å². The van der Waals surface area contributed by atoms with Crippen molar-refractivity contribution in [3.63, 3.8) is 0 Å². The Morgan fingerprint density at radius 1 is 1.21 bits per heavy atom. The zero-order chi connectivity index (χ0) is 19.1. The second-order valence-electron chi connectivity index (χ2n) is 7.14. The van der Waals surface area contributed by atoms with Crippen molar-refractivity contribution in [2.75, 3.05) is 24.7 Å². The van der Waals surface area contributed by atoms with Crippen LogP contribution >= 0.6 is 11.3 Å². The number of hydrogen-bond donors (Lipinski definition) is 1. The zero-order valence-corrected chi connectivity index (χ0v) is 16.7. The summed E-state index contributed by atoms with van der Waals surface area (Å²) >= 11 is 1.73. The highest BCUT2D eigenvalue weighted by molar-refractivity contribution is 7.08. The molecule has 1 N–H and O–H groups in total. The number of pyridine rings is 2. The highest BCUT2D eigenvalue weighted by atomic mass is 32.1. The molecule has 0 saturated carbocycles. The minimum absolute atomic E-state index is 0.280. The molecule has 0 bridgehead atoms. The van der Waals surface area contributed by atoms with E-state index in [0.717, 1.165) is 41.3 Å². The number of rotatable bonds is 3. The van der Waals surface area contributed by atoms with Crippen molar-refractivity contribution < 1.29 is 4.74 Å². The SMILES string of the molecule is Cc1cscc1-c1cc(N2CCOCC2C)nc2c(-c3ccn[nH]3)nccc12. The van der Waals surface area contributed by atoms with E-state index in [1.165, 1.54) is 16.7 Å². The number of morpholine rings is 1. The average molecular weight is 392 g/mol. The lowest BCUT2D eigenvalue weighted by Gasteiger charge is -2.34. The third-order valence-corrected chi connectivity index (χ3v) is 6.14. The smallest absolute Gasteiger partial charge is 0.130 e. The second kappa shape index (κ2) is 7.00. The molecule has 142 valence electrons. The van der Waals surface area contributed by atoms with Crippen LogP contribution in [0.2, 0.25) is 0 Å². The van der Waals surface area contributed by atoms with Gasteiger partial charge in [0, 0.05) is 24.3 Å². The summed E-state index contributed by atoms with van der Waals surface area (Å²) in [6, 6.07) is 6.49. The van der Waals surface area contributed by atoms with Crippen molar-refractivity contribution in [2.45, 2.75) is 19.9 Å². The van der Waals surface area contributed by atoms with Crippen LogP contribution in [0.3, 0.4) is 0 Å². The topological polar surface area (TPSA) is 66.9 Å². The van der Waals surface area contributed by atoms with E-state index in [4.69, 9.17) is 9.72 Å². The van der Waals surface area contributed by atoms with Gasteiger partial charge in [-0.3, -0.25) is 10.1 Å². The Morgan fingerprint density at radius 2 is 2.14 bits per heavy atom. The molecule has 0 radical (unpaired) electrons. The number of hydrogen-bond acceptors (Lipinski definition) is 6. The van der Waals surface area contributed by atoms with E-state index in [-0.39, 0.29) is 6.04 Å².